The van der Waals surface area contributed by atoms with Crippen LogP contribution >= 0.6 is 35.8 Å². The molecule has 4 nitrogen and oxygen atoms in total. The average molecular weight is 590 g/mol. The van der Waals surface area contributed by atoms with E-state index in [9.17, 15) is 40.3 Å². The number of thiol groups is 1. The maximum Gasteiger partial charge on any atom is 0.407 e. The van der Waals surface area contributed by atoms with Crippen molar-refractivity contribution in [2.24, 2.45) is 0 Å². The second-order valence-corrected chi connectivity index (χ2v) is 10.5. The van der Waals surface area contributed by atoms with Crippen LogP contribution in [-0.2, 0) is 26.5 Å². The molecular formula is C23H16Cl2F7NO3S. The zero-order valence-electron chi connectivity index (χ0n) is 18.4. The largest absolute Gasteiger partial charge is 0.407 e. The molecule has 0 N–H and O–H groups in total. The second kappa shape index (κ2) is 9.32. The molecule has 2 aliphatic rings. The normalized spacial score (nSPS) is 18.4. The number of carbonyl (C=O) groups excluding carboxylic acids is 2. The van der Waals surface area contributed by atoms with Gasteiger partial charge in [0.05, 0.1) is 29.7 Å². The van der Waals surface area contributed by atoms with Gasteiger partial charge in [0.15, 0.2) is 11.6 Å². The van der Waals surface area contributed by atoms with Crippen molar-refractivity contribution in [3.8, 4) is 0 Å². The number of amides is 1. The van der Waals surface area contributed by atoms with Crippen LogP contribution < -0.4 is 0 Å². The Hall–Kier alpha value is -2.02. The fourth-order valence-electron chi connectivity index (χ4n) is 4.41. The van der Waals surface area contributed by atoms with Gasteiger partial charge in [-0.05, 0) is 34.9 Å². The Morgan fingerprint density at radius 2 is 1.59 bits per heavy atom. The van der Waals surface area contributed by atoms with Crippen molar-refractivity contribution in [1.29, 1.82) is 0 Å². The lowest BCUT2D eigenvalue weighted by Crippen LogP contribution is -2.61. The molecular weight excluding hydrogens is 574 g/mol. The summed E-state index contributed by atoms with van der Waals surface area (Å²) in [5, 5.41) is -1.33. The Kier molecular flexibility index (Phi) is 7.05. The second-order valence-electron chi connectivity index (χ2n) is 8.91. The lowest BCUT2D eigenvalue weighted by atomic mass is 9.83. The minimum Gasteiger partial charge on any atom is -0.362 e. The Labute approximate surface area is 221 Å². The number of Topliss-reactive ketones (excluding diaryl/α,β-unsaturated/α-hetero) is 1. The summed E-state index contributed by atoms with van der Waals surface area (Å²) in [6.07, 6.45) is -12.5. The molecule has 4 rings (SSSR count). The van der Waals surface area contributed by atoms with Gasteiger partial charge in [0.25, 0.3) is 0 Å². The van der Waals surface area contributed by atoms with Gasteiger partial charge in [-0.3, -0.25) is 9.59 Å². The highest BCUT2D eigenvalue weighted by Gasteiger charge is 2.56. The summed E-state index contributed by atoms with van der Waals surface area (Å²) in [4.78, 5) is 25.7. The molecule has 2 aromatic rings. The van der Waals surface area contributed by atoms with E-state index < -0.39 is 68.7 Å². The number of carbonyl (C=O) groups is 2. The van der Waals surface area contributed by atoms with Crippen LogP contribution in [0.2, 0.25) is 10.0 Å². The number of ether oxygens (including phenoxy) is 1. The van der Waals surface area contributed by atoms with E-state index in [1.54, 1.807) is 0 Å². The van der Waals surface area contributed by atoms with Crippen LogP contribution in [0.15, 0.2) is 30.3 Å². The van der Waals surface area contributed by atoms with E-state index in [1.807, 2.05) is 0 Å². The lowest BCUT2D eigenvalue weighted by Gasteiger charge is -2.47. The van der Waals surface area contributed by atoms with Crippen molar-refractivity contribution in [3.63, 3.8) is 0 Å². The minimum absolute atomic E-state index is 0.0494. The van der Waals surface area contributed by atoms with Crippen molar-refractivity contribution in [1.82, 2.24) is 4.90 Å². The SMILES string of the molecule is O=C(C[C@](S)(c1cc(Cl)c(F)c(Cl)c1)C(F)(F)F)c1ccc2c(c1)COC21CN(C(=O)CC(F)(F)F)C1. The van der Waals surface area contributed by atoms with Gasteiger partial charge in [-0.15, -0.1) is 0 Å². The molecule has 2 aromatic carbocycles. The molecule has 14 heteroatoms. The monoisotopic (exact) mass is 589 g/mol. The van der Waals surface area contributed by atoms with Crippen LogP contribution in [0.25, 0.3) is 0 Å². The van der Waals surface area contributed by atoms with Gasteiger partial charge in [-0.2, -0.15) is 39.0 Å². The molecule has 200 valence electrons. The number of rotatable bonds is 5. The van der Waals surface area contributed by atoms with E-state index >= 15 is 0 Å². The highest BCUT2D eigenvalue weighted by atomic mass is 35.5. The highest BCUT2D eigenvalue weighted by Crippen LogP contribution is 2.50. The van der Waals surface area contributed by atoms with Crippen molar-refractivity contribution in [2.75, 3.05) is 13.1 Å². The third-order valence-electron chi connectivity index (χ3n) is 6.37. The summed E-state index contributed by atoms with van der Waals surface area (Å²) < 4.78 is 96.1. The van der Waals surface area contributed by atoms with E-state index in [0.29, 0.717) is 23.3 Å². The van der Waals surface area contributed by atoms with Crippen molar-refractivity contribution in [3.05, 3.63) is 68.4 Å². The standard InChI is InChI=1S/C23H16Cl2F7NO3S/c24-15-4-13(5-16(25)19(15)26)21(37,23(30,31)32)6-17(34)11-1-2-14-12(3-11)8-36-20(14)9-33(10-20)18(35)7-22(27,28)29/h1-5,37H,6-10H2/t21-/m0/s1. The number of hydrogen-bond donors (Lipinski definition) is 1. The fourth-order valence-corrected chi connectivity index (χ4v) is 5.17. The number of fused-ring (bicyclic) bond motifs is 2. The first-order chi connectivity index (χ1) is 17.0. The van der Waals surface area contributed by atoms with Crippen LogP contribution in [0.1, 0.15) is 39.9 Å². The Bertz CT molecular complexity index is 1250. The Balaban J connectivity index is 1.55. The maximum atomic E-state index is 14.1. The van der Waals surface area contributed by atoms with E-state index in [1.165, 1.54) is 18.2 Å². The zero-order chi connectivity index (χ0) is 27.6. The molecule has 37 heavy (non-hydrogen) atoms. The molecule has 1 atom stereocenters. The third-order valence-corrected chi connectivity index (χ3v) is 7.59. The van der Waals surface area contributed by atoms with Gasteiger partial charge < -0.3 is 9.64 Å². The van der Waals surface area contributed by atoms with Gasteiger partial charge in [0.1, 0.15) is 16.8 Å². The summed E-state index contributed by atoms with van der Waals surface area (Å²) in [6.45, 7) is -0.295. The van der Waals surface area contributed by atoms with Crippen molar-refractivity contribution >= 4 is 47.5 Å². The molecule has 0 saturated carbocycles. The molecule has 1 spiro atoms. The minimum atomic E-state index is -5.06. The van der Waals surface area contributed by atoms with E-state index in [0.717, 1.165) is 4.90 Å². The first-order valence-electron chi connectivity index (χ1n) is 10.5. The molecule has 0 aliphatic carbocycles. The summed E-state index contributed by atoms with van der Waals surface area (Å²) in [7, 11) is 0. The molecule has 1 amide bonds. The number of nitrogens with zero attached hydrogens (tertiary/aromatic N) is 1. The summed E-state index contributed by atoms with van der Waals surface area (Å²) in [5.74, 6) is -3.15. The van der Waals surface area contributed by atoms with Crippen LogP contribution in [0.4, 0.5) is 30.7 Å². The zero-order valence-corrected chi connectivity index (χ0v) is 20.8. The first-order valence-corrected chi connectivity index (χ1v) is 11.8. The van der Waals surface area contributed by atoms with E-state index in [-0.39, 0.29) is 25.3 Å². The number of benzene rings is 2. The number of ketones is 1. The van der Waals surface area contributed by atoms with Gasteiger partial charge in [0.2, 0.25) is 5.91 Å². The van der Waals surface area contributed by atoms with Gasteiger partial charge in [-0.25, -0.2) is 4.39 Å². The van der Waals surface area contributed by atoms with Crippen LogP contribution in [0.5, 0.6) is 0 Å². The quantitative estimate of drug-likeness (QED) is 0.185. The first kappa shape index (κ1) is 28.0. The number of hydrogen-bond acceptors (Lipinski definition) is 4. The van der Waals surface area contributed by atoms with Gasteiger partial charge >= 0.3 is 12.4 Å². The summed E-state index contributed by atoms with van der Waals surface area (Å²) in [5.41, 5.74) is -0.761. The van der Waals surface area contributed by atoms with Gasteiger partial charge in [0, 0.05) is 12.0 Å². The number of alkyl halides is 6. The maximum absolute atomic E-state index is 14.1. The topological polar surface area (TPSA) is 46.6 Å². The molecule has 0 aromatic heterocycles. The molecule has 0 bridgehead atoms. The van der Waals surface area contributed by atoms with Gasteiger partial charge in [-0.1, -0.05) is 35.3 Å². The highest BCUT2D eigenvalue weighted by molar-refractivity contribution is 7.81. The summed E-state index contributed by atoms with van der Waals surface area (Å²) in [6, 6.07) is 5.47. The molecule has 2 heterocycles. The predicted molar refractivity (Wildman–Crippen MR) is 122 cm³/mol. The van der Waals surface area contributed by atoms with Crippen molar-refractivity contribution < 1.29 is 45.1 Å². The fraction of sp³-hybridized carbons (Fsp3) is 0.391. The van der Waals surface area contributed by atoms with Crippen LogP contribution in [0, 0.1) is 5.82 Å². The van der Waals surface area contributed by atoms with Crippen molar-refractivity contribution in [2.45, 2.75) is 42.1 Å². The number of likely N-dealkylation sites (tertiary alicyclic amines) is 1. The lowest BCUT2D eigenvalue weighted by molar-refractivity contribution is -0.185. The smallest absolute Gasteiger partial charge is 0.362 e. The molecule has 0 unspecified atom stereocenters. The predicted octanol–water partition coefficient (Wildman–Crippen LogP) is 6.61. The van der Waals surface area contributed by atoms with E-state index in [4.69, 9.17) is 27.9 Å². The third kappa shape index (κ3) is 5.17. The molecule has 1 saturated heterocycles. The van der Waals surface area contributed by atoms with E-state index in [2.05, 4.69) is 12.6 Å². The summed E-state index contributed by atoms with van der Waals surface area (Å²) >= 11 is 15.1. The van der Waals surface area contributed by atoms with Crippen LogP contribution in [-0.4, -0.2) is 42.0 Å². The van der Waals surface area contributed by atoms with Crippen LogP contribution in [0.3, 0.4) is 0 Å². The molecule has 2 aliphatic heterocycles. The average Bonchev–Trinajstić information content (AvgIpc) is 3.13. The Morgan fingerprint density at radius 3 is 2.14 bits per heavy atom. The Morgan fingerprint density at radius 1 is 1.00 bits per heavy atom. The molecule has 0 radical (unpaired) electrons. The molecule has 1 fully saturated rings. The number of halogens is 9.